The highest BCUT2D eigenvalue weighted by atomic mass is 35.5. The van der Waals surface area contributed by atoms with Crippen molar-refractivity contribution in [2.75, 3.05) is 0 Å². The number of hydrogen-bond donors (Lipinski definition) is 2. The number of nitrogens with zero attached hydrogens (tertiary/aromatic N) is 2. The number of aromatic hydroxyl groups is 1. The minimum absolute atomic E-state index is 0.0571. The lowest BCUT2D eigenvalue weighted by Crippen LogP contribution is -2.11. The van der Waals surface area contributed by atoms with Crippen LogP contribution in [0.1, 0.15) is 10.4 Å². The quantitative estimate of drug-likeness (QED) is 0.760. The van der Waals surface area contributed by atoms with Gasteiger partial charge in [0.2, 0.25) is 0 Å². The van der Waals surface area contributed by atoms with Gasteiger partial charge in [-0.2, -0.15) is 0 Å². The average Bonchev–Trinajstić information content (AvgIpc) is 2.73. The molecule has 0 aromatic carbocycles. The predicted molar refractivity (Wildman–Crippen MR) is 75.8 cm³/mol. The number of carbonyl (C=O) groups excluding carboxylic acids is 1. The monoisotopic (exact) mass is 287 g/mol. The van der Waals surface area contributed by atoms with Gasteiger partial charge in [0.15, 0.2) is 0 Å². The number of carbonyl (C=O) groups is 1. The number of primary amides is 1. The van der Waals surface area contributed by atoms with Gasteiger partial charge >= 0.3 is 0 Å². The van der Waals surface area contributed by atoms with E-state index in [-0.39, 0.29) is 16.3 Å². The zero-order valence-electron chi connectivity index (χ0n) is 10.2. The van der Waals surface area contributed by atoms with Gasteiger partial charge in [0.1, 0.15) is 11.3 Å². The van der Waals surface area contributed by atoms with Gasteiger partial charge in [0.05, 0.1) is 16.3 Å². The minimum atomic E-state index is -0.691. The highest BCUT2D eigenvalue weighted by Gasteiger charge is 2.23. The van der Waals surface area contributed by atoms with E-state index in [0.717, 1.165) is 5.56 Å². The molecule has 3 heterocycles. The molecule has 0 aliphatic heterocycles. The highest BCUT2D eigenvalue weighted by Crippen LogP contribution is 2.38. The maximum Gasteiger partial charge on any atom is 0.252 e. The van der Waals surface area contributed by atoms with E-state index in [1.807, 2.05) is 6.07 Å². The minimum Gasteiger partial charge on any atom is -0.506 e. The first-order valence-electron chi connectivity index (χ1n) is 5.83. The molecule has 0 fully saturated rings. The molecule has 0 aliphatic rings. The molecule has 3 rings (SSSR count). The Morgan fingerprint density at radius 1 is 1.35 bits per heavy atom. The summed E-state index contributed by atoms with van der Waals surface area (Å²) < 4.78 is 1.63. The van der Waals surface area contributed by atoms with Crippen LogP contribution < -0.4 is 5.73 Å². The Labute approximate surface area is 119 Å². The highest BCUT2D eigenvalue weighted by molar-refractivity contribution is 6.38. The van der Waals surface area contributed by atoms with Crippen molar-refractivity contribution < 1.29 is 9.90 Å². The zero-order chi connectivity index (χ0) is 14.3. The van der Waals surface area contributed by atoms with Gasteiger partial charge in [-0.25, -0.2) is 0 Å². The topological polar surface area (TPSA) is 80.6 Å². The van der Waals surface area contributed by atoms with Crippen molar-refractivity contribution in [2.45, 2.75) is 0 Å². The molecule has 3 N–H and O–H groups in total. The van der Waals surface area contributed by atoms with Crippen LogP contribution in [0.25, 0.3) is 16.8 Å². The summed E-state index contributed by atoms with van der Waals surface area (Å²) in [6, 6.07) is 6.71. The molecule has 0 spiro atoms. The predicted octanol–water partition coefficient (Wildman–Crippen LogP) is 2.46. The Balaban J connectivity index is 2.48. The molecule has 0 bridgehead atoms. The van der Waals surface area contributed by atoms with Crippen molar-refractivity contribution in [1.82, 2.24) is 9.38 Å². The lowest BCUT2D eigenvalue weighted by atomic mass is 10.2. The maximum absolute atomic E-state index is 11.6. The molecule has 0 aliphatic carbocycles. The van der Waals surface area contributed by atoms with Gasteiger partial charge in [-0.05, 0) is 24.3 Å². The van der Waals surface area contributed by atoms with Crippen LogP contribution in [0.3, 0.4) is 0 Å². The van der Waals surface area contributed by atoms with E-state index in [2.05, 4.69) is 4.98 Å². The Hall–Kier alpha value is -2.53. The first-order valence-corrected chi connectivity index (χ1v) is 6.20. The standard InChI is InChI=1S/C14H10ClN3O2/c15-11-10(14(16)20)13-9(19)4-2-6-18(13)12(11)8-3-1-5-17-7-8/h1-7,19H,(H2,16,20). The second-order valence-electron chi connectivity index (χ2n) is 4.26. The Kier molecular flexibility index (Phi) is 2.84. The van der Waals surface area contributed by atoms with E-state index in [1.54, 1.807) is 35.1 Å². The van der Waals surface area contributed by atoms with Crippen LogP contribution in [0.4, 0.5) is 0 Å². The summed E-state index contributed by atoms with van der Waals surface area (Å²) in [5, 5.41) is 10.2. The Morgan fingerprint density at radius 3 is 2.80 bits per heavy atom. The average molecular weight is 288 g/mol. The summed E-state index contributed by atoms with van der Waals surface area (Å²) in [6.07, 6.45) is 4.97. The summed E-state index contributed by atoms with van der Waals surface area (Å²) >= 11 is 6.29. The fraction of sp³-hybridized carbons (Fsp3) is 0. The molecular formula is C14H10ClN3O2. The molecule has 0 radical (unpaired) electrons. The third-order valence-electron chi connectivity index (χ3n) is 3.06. The van der Waals surface area contributed by atoms with Crippen LogP contribution in [0.2, 0.25) is 5.02 Å². The number of fused-ring (bicyclic) bond motifs is 1. The van der Waals surface area contributed by atoms with Gasteiger partial charge < -0.3 is 15.2 Å². The van der Waals surface area contributed by atoms with Crippen LogP contribution in [-0.4, -0.2) is 20.4 Å². The third-order valence-corrected chi connectivity index (χ3v) is 3.43. The number of rotatable bonds is 2. The molecule has 3 aromatic heterocycles. The molecule has 20 heavy (non-hydrogen) atoms. The number of halogens is 1. The van der Waals surface area contributed by atoms with Crippen LogP contribution in [0.5, 0.6) is 5.75 Å². The SMILES string of the molecule is NC(=O)c1c(Cl)c(-c2cccnc2)n2cccc(O)c12. The van der Waals surface area contributed by atoms with Gasteiger partial charge in [-0.3, -0.25) is 9.78 Å². The second kappa shape index (κ2) is 4.54. The van der Waals surface area contributed by atoms with E-state index in [1.165, 1.54) is 6.07 Å². The van der Waals surface area contributed by atoms with Crippen LogP contribution in [-0.2, 0) is 0 Å². The summed E-state index contributed by atoms with van der Waals surface area (Å²) in [4.78, 5) is 15.7. The molecule has 1 amide bonds. The summed E-state index contributed by atoms with van der Waals surface area (Å²) in [6.45, 7) is 0. The number of pyridine rings is 2. The van der Waals surface area contributed by atoms with E-state index >= 15 is 0 Å². The van der Waals surface area contributed by atoms with Gasteiger partial charge in [0.25, 0.3) is 5.91 Å². The fourth-order valence-electron chi connectivity index (χ4n) is 2.25. The normalized spacial score (nSPS) is 10.8. The second-order valence-corrected chi connectivity index (χ2v) is 4.63. The van der Waals surface area contributed by atoms with Crippen LogP contribution in [0, 0.1) is 0 Å². The zero-order valence-corrected chi connectivity index (χ0v) is 11.0. The Morgan fingerprint density at radius 2 is 2.15 bits per heavy atom. The molecule has 6 heteroatoms. The maximum atomic E-state index is 11.6. The number of hydrogen-bond acceptors (Lipinski definition) is 3. The van der Waals surface area contributed by atoms with E-state index in [0.29, 0.717) is 11.2 Å². The molecule has 100 valence electrons. The van der Waals surface area contributed by atoms with Gasteiger partial charge in [-0.15, -0.1) is 0 Å². The molecule has 0 saturated heterocycles. The summed E-state index contributed by atoms with van der Waals surface area (Å²) in [5.41, 5.74) is 7.07. The first kappa shape index (κ1) is 12.5. The number of amides is 1. The Bertz CT molecular complexity index is 812. The van der Waals surface area contributed by atoms with Crippen molar-refractivity contribution in [3.8, 4) is 17.0 Å². The van der Waals surface area contributed by atoms with Crippen LogP contribution >= 0.6 is 11.6 Å². The lowest BCUT2D eigenvalue weighted by Gasteiger charge is -2.03. The van der Waals surface area contributed by atoms with Gasteiger partial charge in [0, 0.05) is 24.2 Å². The van der Waals surface area contributed by atoms with Crippen molar-refractivity contribution in [3.05, 3.63) is 53.4 Å². The molecule has 3 aromatic rings. The molecule has 0 saturated carbocycles. The molecule has 0 atom stereocenters. The summed E-state index contributed by atoms with van der Waals surface area (Å²) in [7, 11) is 0. The van der Waals surface area contributed by atoms with E-state index < -0.39 is 5.91 Å². The largest absolute Gasteiger partial charge is 0.506 e. The van der Waals surface area contributed by atoms with E-state index in [9.17, 15) is 9.90 Å². The molecule has 0 unspecified atom stereocenters. The van der Waals surface area contributed by atoms with Crippen molar-refractivity contribution in [2.24, 2.45) is 5.73 Å². The fourth-order valence-corrected chi connectivity index (χ4v) is 2.64. The first-order chi connectivity index (χ1) is 9.61. The van der Waals surface area contributed by atoms with Gasteiger partial charge in [-0.1, -0.05) is 11.6 Å². The smallest absolute Gasteiger partial charge is 0.252 e. The van der Waals surface area contributed by atoms with Crippen molar-refractivity contribution in [1.29, 1.82) is 0 Å². The lowest BCUT2D eigenvalue weighted by molar-refractivity contribution is 0.100. The van der Waals surface area contributed by atoms with Crippen molar-refractivity contribution >= 4 is 23.0 Å². The van der Waals surface area contributed by atoms with Crippen LogP contribution in [0.15, 0.2) is 42.9 Å². The van der Waals surface area contributed by atoms with Crippen molar-refractivity contribution in [3.63, 3.8) is 0 Å². The number of aromatic nitrogens is 2. The summed E-state index contributed by atoms with van der Waals surface area (Å²) in [5.74, 6) is -0.748. The molecule has 5 nitrogen and oxygen atoms in total. The van der Waals surface area contributed by atoms with E-state index in [4.69, 9.17) is 17.3 Å². The third kappa shape index (κ3) is 1.71. The molecular weight excluding hydrogens is 278 g/mol. The number of nitrogens with two attached hydrogens (primary N) is 1.